The van der Waals surface area contributed by atoms with Crippen LogP contribution in [0.4, 0.5) is 0 Å². The van der Waals surface area contributed by atoms with Crippen molar-refractivity contribution >= 4 is 18.3 Å². The number of hydrogen-bond acceptors (Lipinski definition) is 5. The standard InChI is InChI=1S/C15H19N5O2.ClH/c1-10-2-4-12(5-3-10)20-9-13(18-19-20)15(22)17-7-11-6-16-8-14(11)21;/h2-5,9,11,14,16,21H,6-8H2,1H3,(H,17,22);1H. The Morgan fingerprint density at radius 3 is 2.78 bits per heavy atom. The van der Waals surface area contributed by atoms with Crippen LogP contribution >= 0.6 is 12.4 Å². The van der Waals surface area contributed by atoms with Gasteiger partial charge in [-0.25, -0.2) is 4.68 Å². The Bertz CT molecular complexity index is 658. The monoisotopic (exact) mass is 337 g/mol. The third-order valence-corrected chi connectivity index (χ3v) is 3.85. The summed E-state index contributed by atoms with van der Waals surface area (Å²) in [7, 11) is 0. The molecule has 2 atom stereocenters. The fraction of sp³-hybridized carbons (Fsp3) is 0.400. The summed E-state index contributed by atoms with van der Waals surface area (Å²) >= 11 is 0. The number of halogens is 1. The molecule has 0 spiro atoms. The quantitative estimate of drug-likeness (QED) is 0.746. The summed E-state index contributed by atoms with van der Waals surface area (Å²) in [6.45, 7) is 3.71. The van der Waals surface area contributed by atoms with Gasteiger partial charge in [0.2, 0.25) is 0 Å². The second-order valence-electron chi connectivity index (χ2n) is 5.58. The van der Waals surface area contributed by atoms with E-state index < -0.39 is 6.10 Å². The van der Waals surface area contributed by atoms with E-state index in [2.05, 4.69) is 20.9 Å². The Hall–Kier alpha value is -1.96. The van der Waals surface area contributed by atoms with Crippen LogP contribution in [0.1, 0.15) is 16.1 Å². The van der Waals surface area contributed by atoms with Crippen LogP contribution in [0, 0.1) is 12.8 Å². The lowest BCUT2D eigenvalue weighted by atomic mass is 10.1. The molecular weight excluding hydrogens is 318 g/mol. The van der Waals surface area contributed by atoms with Crippen LogP contribution in [0.2, 0.25) is 0 Å². The summed E-state index contributed by atoms with van der Waals surface area (Å²) in [5.74, 6) is -0.242. The van der Waals surface area contributed by atoms with Crippen LogP contribution < -0.4 is 10.6 Å². The molecule has 1 saturated heterocycles. The Morgan fingerprint density at radius 2 is 2.13 bits per heavy atom. The number of carbonyl (C=O) groups is 1. The van der Waals surface area contributed by atoms with E-state index in [-0.39, 0.29) is 29.9 Å². The lowest BCUT2D eigenvalue weighted by Crippen LogP contribution is -2.34. The zero-order valence-corrected chi connectivity index (χ0v) is 13.6. The molecule has 124 valence electrons. The van der Waals surface area contributed by atoms with Crippen molar-refractivity contribution in [3.8, 4) is 5.69 Å². The molecule has 1 amide bonds. The Morgan fingerprint density at radius 1 is 1.39 bits per heavy atom. The normalized spacial score (nSPS) is 20.1. The van der Waals surface area contributed by atoms with E-state index in [0.29, 0.717) is 19.6 Å². The molecule has 1 aliphatic rings. The lowest BCUT2D eigenvalue weighted by molar-refractivity contribution is 0.0922. The van der Waals surface area contributed by atoms with Gasteiger partial charge in [-0.2, -0.15) is 0 Å². The summed E-state index contributed by atoms with van der Waals surface area (Å²) in [6.07, 6.45) is 1.19. The van der Waals surface area contributed by atoms with Crippen LogP contribution in [-0.4, -0.2) is 51.7 Å². The predicted octanol–water partition coefficient (Wildman–Crippen LogP) is 0.308. The van der Waals surface area contributed by atoms with E-state index in [0.717, 1.165) is 11.3 Å². The average Bonchev–Trinajstić information content (AvgIpc) is 3.15. The maximum absolute atomic E-state index is 12.1. The van der Waals surface area contributed by atoms with Gasteiger partial charge in [0.05, 0.1) is 18.0 Å². The zero-order valence-electron chi connectivity index (χ0n) is 12.8. The first kappa shape index (κ1) is 17.4. The van der Waals surface area contributed by atoms with Gasteiger partial charge < -0.3 is 15.7 Å². The fourth-order valence-electron chi connectivity index (χ4n) is 2.43. The van der Waals surface area contributed by atoms with Crippen molar-refractivity contribution < 1.29 is 9.90 Å². The molecule has 1 aromatic heterocycles. The highest BCUT2D eigenvalue weighted by Crippen LogP contribution is 2.09. The van der Waals surface area contributed by atoms with Gasteiger partial charge in [-0.1, -0.05) is 22.9 Å². The van der Waals surface area contributed by atoms with E-state index in [1.807, 2.05) is 31.2 Å². The number of benzene rings is 1. The third kappa shape index (κ3) is 4.07. The molecular formula is C15H20ClN5O2. The minimum absolute atomic E-state index is 0. The van der Waals surface area contributed by atoms with Crippen molar-refractivity contribution in [3.63, 3.8) is 0 Å². The fourth-order valence-corrected chi connectivity index (χ4v) is 2.43. The number of amides is 1. The molecule has 0 saturated carbocycles. The van der Waals surface area contributed by atoms with E-state index in [1.54, 1.807) is 10.9 Å². The minimum atomic E-state index is -0.413. The van der Waals surface area contributed by atoms with Gasteiger partial charge in [0.25, 0.3) is 5.91 Å². The minimum Gasteiger partial charge on any atom is -0.391 e. The maximum atomic E-state index is 12.1. The van der Waals surface area contributed by atoms with E-state index in [9.17, 15) is 9.90 Å². The number of carbonyl (C=O) groups excluding carboxylic acids is 1. The van der Waals surface area contributed by atoms with Gasteiger partial charge in [-0.15, -0.1) is 17.5 Å². The number of nitrogens with one attached hydrogen (secondary N) is 2. The Kier molecular flexibility index (Phi) is 5.70. The molecule has 1 aliphatic heterocycles. The second-order valence-corrected chi connectivity index (χ2v) is 5.58. The van der Waals surface area contributed by atoms with Gasteiger partial charge in [0, 0.05) is 25.6 Å². The molecule has 2 unspecified atom stereocenters. The van der Waals surface area contributed by atoms with Crippen molar-refractivity contribution in [3.05, 3.63) is 41.7 Å². The van der Waals surface area contributed by atoms with Crippen molar-refractivity contribution in [1.29, 1.82) is 0 Å². The van der Waals surface area contributed by atoms with E-state index in [1.165, 1.54) is 0 Å². The zero-order chi connectivity index (χ0) is 15.5. The second kappa shape index (κ2) is 7.54. The molecule has 3 rings (SSSR count). The highest BCUT2D eigenvalue weighted by molar-refractivity contribution is 5.91. The average molecular weight is 338 g/mol. The van der Waals surface area contributed by atoms with Crippen LogP contribution in [0.5, 0.6) is 0 Å². The Balaban J connectivity index is 0.00000192. The number of aliphatic hydroxyl groups is 1. The van der Waals surface area contributed by atoms with Crippen LogP contribution in [0.3, 0.4) is 0 Å². The van der Waals surface area contributed by atoms with Crippen LogP contribution in [0.15, 0.2) is 30.5 Å². The molecule has 0 radical (unpaired) electrons. The van der Waals surface area contributed by atoms with E-state index in [4.69, 9.17) is 0 Å². The predicted molar refractivity (Wildman–Crippen MR) is 88.0 cm³/mol. The first-order valence-corrected chi connectivity index (χ1v) is 7.30. The lowest BCUT2D eigenvalue weighted by Gasteiger charge is -2.13. The summed E-state index contributed by atoms with van der Waals surface area (Å²) in [5, 5.41) is 23.5. The van der Waals surface area contributed by atoms with Crippen LogP contribution in [0.25, 0.3) is 5.69 Å². The first-order valence-electron chi connectivity index (χ1n) is 7.30. The van der Waals surface area contributed by atoms with Crippen LogP contribution in [-0.2, 0) is 0 Å². The maximum Gasteiger partial charge on any atom is 0.273 e. The topological polar surface area (TPSA) is 92.1 Å². The Labute approximate surface area is 140 Å². The summed E-state index contributed by atoms with van der Waals surface area (Å²) in [4.78, 5) is 12.1. The molecule has 0 aliphatic carbocycles. The molecule has 7 nitrogen and oxygen atoms in total. The molecule has 0 bridgehead atoms. The largest absolute Gasteiger partial charge is 0.391 e. The SMILES string of the molecule is Cc1ccc(-n2cc(C(=O)NCC3CNCC3O)nn2)cc1.Cl. The van der Waals surface area contributed by atoms with Gasteiger partial charge in [0.15, 0.2) is 5.69 Å². The number of aliphatic hydroxyl groups excluding tert-OH is 1. The van der Waals surface area contributed by atoms with Crippen molar-refractivity contribution in [1.82, 2.24) is 25.6 Å². The van der Waals surface area contributed by atoms with Gasteiger partial charge in [0.1, 0.15) is 0 Å². The highest BCUT2D eigenvalue weighted by Gasteiger charge is 2.25. The van der Waals surface area contributed by atoms with E-state index >= 15 is 0 Å². The van der Waals surface area contributed by atoms with Crippen molar-refractivity contribution in [2.45, 2.75) is 13.0 Å². The van der Waals surface area contributed by atoms with Crippen molar-refractivity contribution in [2.75, 3.05) is 19.6 Å². The molecule has 8 heteroatoms. The number of aromatic nitrogens is 3. The summed E-state index contributed by atoms with van der Waals surface area (Å²) < 4.78 is 1.57. The number of nitrogens with zero attached hydrogens (tertiary/aromatic N) is 3. The molecule has 1 fully saturated rings. The molecule has 23 heavy (non-hydrogen) atoms. The summed E-state index contributed by atoms with van der Waals surface area (Å²) in [5.41, 5.74) is 2.28. The molecule has 2 aromatic rings. The molecule has 3 N–H and O–H groups in total. The molecule has 2 heterocycles. The number of β-amino-alcohol motifs (C(OH)–C–C–N with tert-alkyl or cyclic N) is 1. The summed E-state index contributed by atoms with van der Waals surface area (Å²) in [6, 6.07) is 7.80. The number of rotatable bonds is 4. The van der Waals surface area contributed by atoms with Gasteiger partial charge in [-0.3, -0.25) is 4.79 Å². The highest BCUT2D eigenvalue weighted by atomic mass is 35.5. The molecule has 1 aromatic carbocycles. The van der Waals surface area contributed by atoms with Gasteiger partial charge in [-0.05, 0) is 19.1 Å². The first-order chi connectivity index (χ1) is 10.6. The third-order valence-electron chi connectivity index (χ3n) is 3.85. The number of aryl methyl sites for hydroxylation is 1. The number of hydrogen-bond donors (Lipinski definition) is 3. The smallest absolute Gasteiger partial charge is 0.273 e. The van der Waals surface area contributed by atoms with Crippen molar-refractivity contribution in [2.24, 2.45) is 5.92 Å². The van der Waals surface area contributed by atoms with Gasteiger partial charge >= 0.3 is 0 Å².